The summed E-state index contributed by atoms with van der Waals surface area (Å²) < 4.78 is 0. The lowest BCUT2D eigenvalue weighted by molar-refractivity contribution is 0.0874. The summed E-state index contributed by atoms with van der Waals surface area (Å²) >= 11 is 0. The van der Waals surface area contributed by atoms with Gasteiger partial charge in [-0.25, -0.2) is 0 Å². The smallest absolute Gasteiger partial charge is 0.254 e. The van der Waals surface area contributed by atoms with Crippen molar-refractivity contribution in [2.45, 2.75) is 13.0 Å². The molecule has 2 nitrogen and oxygen atoms in total. The van der Waals surface area contributed by atoms with Crippen molar-refractivity contribution in [3.8, 4) is 0 Å². The largest absolute Gasteiger partial charge is 0.327 e. The third-order valence-corrected chi connectivity index (χ3v) is 3.32. The molecule has 1 aliphatic rings. The van der Waals surface area contributed by atoms with Crippen LogP contribution in [0, 0.1) is 6.92 Å². The molecule has 1 atom stereocenters. The van der Waals surface area contributed by atoms with Gasteiger partial charge in [-0.15, -0.1) is 0 Å². The first-order valence-corrected chi connectivity index (χ1v) is 6.18. The van der Waals surface area contributed by atoms with Gasteiger partial charge in [-0.05, 0) is 24.6 Å². The SMILES string of the molecule is Cc1cccc(C(=O)N2CC2c2ccccc2)c1. The average Bonchev–Trinajstić information content (AvgIpc) is 3.19. The highest BCUT2D eigenvalue weighted by atomic mass is 16.2. The van der Waals surface area contributed by atoms with Crippen molar-refractivity contribution < 1.29 is 4.79 Å². The molecule has 2 aromatic carbocycles. The van der Waals surface area contributed by atoms with E-state index in [1.807, 2.05) is 54.3 Å². The molecule has 2 heteroatoms. The summed E-state index contributed by atoms with van der Waals surface area (Å²) in [6, 6.07) is 18.2. The van der Waals surface area contributed by atoms with E-state index in [-0.39, 0.29) is 11.9 Å². The predicted octanol–water partition coefficient (Wildman–Crippen LogP) is 3.19. The summed E-state index contributed by atoms with van der Waals surface area (Å²) in [4.78, 5) is 14.2. The maximum absolute atomic E-state index is 12.3. The highest BCUT2D eigenvalue weighted by Gasteiger charge is 2.39. The van der Waals surface area contributed by atoms with Crippen molar-refractivity contribution in [1.29, 1.82) is 0 Å². The zero-order valence-electron chi connectivity index (χ0n) is 10.3. The van der Waals surface area contributed by atoms with Gasteiger partial charge >= 0.3 is 0 Å². The molecule has 1 unspecified atom stereocenters. The van der Waals surface area contributed by atoms with Crippen LogP contribution in [-0.4, -0.2) is 17.4 Å². The van der Waals surface area contributed by atoms with E-state index in [1.54, 1.807) is 0 Å². The van der Waals surface area contributed by atoms with Gasteiger partial charge in [0.1, 0.15) is 0 Å². The lowest BCUT2D eigenvalue weighted by Crippen LogP contribution is -2.11. The molecule has 90 valence electrons. The van der Waals surface area contributed by atoms with E-state index in [0.717, 1.165) is 17.7 Å². The van der Waals surface area contributed by atoms with Crippen LogP contribution in [0.25, 0.3) is 0 Å². The van der Waals surface area contributed by atoms with Crippen molar-refractivity contribution in [1.82, 2.24) is 4.90 Å². The molecule has 1 fully saturated rings. The predicted molar refractivity (Wildman–Crippen MR) is 71.4 cm³/mol. The van der Waals surface area contributed by atoms with Crippen molar-refractivity contribution in [3.05, 3.63) is 71.3 Å². The number of aryl methyl sites for hydroxylation is 1. The van der Waals surface area contributed by atoms with Gasteiger partial charge < -0.3 is 4.90 Å². The van der Waals surface area contributed by atoms with E-state index in [2.05, 4.69) is 12.1 Å². The zero-order chi connectivity index (χ0) is 12.5. The Bertz CT molecular complexity index is 577. The van der Waals surface area contributed by atoms with Crippen molar-refractivity contribution >= 4 is 5.91 Å². The van der Waals surface area contributed by atoms with Crippen LogP contribution >= 0.6 is 0 Å². The van der Waals surface area contributed by atoms with Crippen LogP contribution in [-0.2, 0) is 0 Å². The van der Waals surface area contributed by atoms with Crippen LogP contribution in [0.2, 0.25) is 0 Å². The molecule has 1 amide bonds. The molecule has 0 aliphatic carbocycles. The standard InChI is InChI=1S/C16H15NO/c1-12-6-5-9-14(10-12)16(18)17-11-15(17)13-7-3-2-4-8-13/h2-10,15H,11H2,1H3. The van der Waals surface area contributed by atoms with Gasteiger partial charge in [0, 0.05) is 12.1 Å². The Balaban J connectivity index is 1.77. The first kappa shape index (κ1) is 11.0. The molecule has 2 aromatic rings. The Morgan fingerprint density at radius 3 is 2.61 bits per heavy atom. The minimum absolute atomic E-state index is 0.132. The third kappa shape index (κ3) is 2.02. The average molecular weight is 237 g/mol. The molecule has 3 rings (SSSR count). The summed E-state index contributed by atoms with van der Waals surface area (Å²) in [6.45, 7) is 2.84. The highest BCUT2D eigenvalue weighted by molar-refractivity contribution is 5.96. The second kappa shape index (κ2) is 4.30. The Hall–Kier alpha value is -2.09. The van der Waals surface area contributed by atoms with E-state index in [1.165, 1.54) is 5.56 Å². The van der Waals surface area contributed by atoms with Gasteiger partial charge in [-0.2, -0.15) is 0 Å². The molecule has 18 heavy (non-hydrogen) atoms. The van der Waals surface area contributed by atoms with Gasteiger partial charge in [0.15, 0.2) is 0 Å². The van der Waals surface area contributed by atoms with Crippen LogP contribution in [0.5, 0.6) is 0 Å². The summed E-state index contributed by atoms with van der Waals surface area (Å²) in [5.74, 6) is 0.132. The fourth-order valence-corrected chi connectivity index (χ4v) is 2.27. The van der Waals surface area contributed by atoms with Crippen LogP contribution in [0.3, 0.4) is 0 Å². The monoisotopic (exact) mass is 237 g/mol. The van der Waals surface area contributed by atoms with Crippen LogP contribution in [0.1, 0.15) is 27.5 Å². The van der Waals surface area contributed by atoms with Crippen molar-refractivity contribution in [2.75, 3.05) is 6.54 Å². The Kier molecular flexibility index (Phi) is 2.63. The fraction of sp³-hybridized carbons (Fsp3) is 0.188. The minimum Gasteiger partial charge on any atom is -0.327 e. The quantitative estimate of drug-likeness (QED) is 0.734. The number of benzene rings is 2. The third-order valence-electron chi connectivity index (χ3n) is 3.32. The lowest BCUT2D eigenvalue weighted by Gasteiger charge is -2.05. The normalized spacial score (nSPS) is 17.6. The van der Waals surface area contributed by atoms with Gasteiger partial charge in [-0.3, -0.25) is 4.79 Å². The summed E-state index contributed by atoms with van der Waals surface area (Å²) in [5, 5.41) is 0. The summed E-state index contributed by atoms with van der Waals surface area (Å²) in [7, 11) is 0. The van der Waals surface area contributed by atoms with Gasteiger partial charge in [-0.1, -0.05) is 48.0 Å². The number of carbonyl (C=O) groups is 1. The van der Waals surface area contributed by atoms with Crippen LogP contribution < -0.4 is 0 Å². The first-order chi connectivity index (χ1) is 8.75. The Labute approximate surface area is 107 Å². The molecule has 1 aliphatic heterocycles. The Morgan fingerprint density at radius 2 is 1.89 bits per heavy atom. The molecule has 1 saturated heterocycles. The van der Waals surface area contributed by atoms with E-state index in [4.69, 9.17) is 0 Å². The number of rotatable bonds is 2. The molecule has 0 spiro atoms. The zero-order valence-corrected chi connectivity index (χ0v) is 10.3. The van der Waals surface area contributed by atoms with Gasteiger partial charge in [0.25, 0.3) is 5.91 Å². The first-order valence-electron chi connectivity index (χ1n) is 6.18. The molecular weight excluding hydrogens is 222 g/mol. The number of carbonyl (C=O) groups excluding carboxylic acids is 1. The molecule has 0 bridgehead atoms. The van der Waals surface area contributed by atoms with Crippen LogP contribution in [0.4, 0.5) is 0 Å². The molecule has 0 N–H and O–H groups in total. The van der Waals surface area contributed by atoms with E-state index < -0.39 is 0 Å². The van der Waals surface area contributed by atoms with E-state index in [9.17, 15) is 4.79 Å². The summed E-state index contributed by atoms with van der Waals surface area (Å²) in [5.41, 5.74) is 3.13. The molecule has 0 radical (unpaired) electrons. The number of amides is 1. The maximum atomic E-state index is 12.3. The fourth-order valence-electron chi connectivity index (χ4n) is 2.27. The number of nitrogens with zero attached hydrogens (tertiary/aromatic N) is 1. The topological polar surface area (TPSA) is 20.1 Å². The lowest BCUT2D eigenvalue weighted by atomic mass is 10.1. The Morgan fingerprint density at radius 1 is 1.11 bits per heavy atom. The second-order valence-corrected chi connectivity index (χ2v) is 4.75. The van der Waals surface area contributed by atoms with Crippen molar-refractivity contribution in [3.63, 3.8) is 0 Å². The summed E-state index contributed by atoms with van der Waals surface area (Å²) in [6.07, 6.45) is 0. The molecule has 0 aromatic heterocycles. The molecular formula is C16H15NO. The second-order valence-electron chi connectivity index (χ2n) is 4.75. The highest BCUT2D eigenvalue weighted by Crippen LogP contribution is 2.35. The maximum Gasteiger partial charge on any atom is 0.254 e. The van der Waals surface area contributed by atoms with Gasteiger partial charge in [0.05, 0.1) is 6.04 Å². The number of hydrogen-bond acceptors (Lipinski definition) is 1. The minimum atomic E-state index is 0.132. The van der Waals surface area contributed by atoms with Crippen LogP contribution in [0.15, 0.2) is 54.6 Å². The molecule has 1 heterocycles. The van der Waals surface area contributed by atoms with E-state index >= 15 is 0 Å². The number of hydrogen-bond donors (Lipinski definition) is 0. The molecule has 0 saturated carbocycles. The van der Waals surface area contributed by atoms with Crippen molar-refractivity contribution in [2.24, 2.45) is 0 Å². The van der Waals surface area contributed by atoms with E-state index in [0.29, 0.717) is 0 Å². The van der Waals surface area contributed by atoms with Gasteiger partial charge in [0.2, 0.25) is 0 Å².